The summed E-state index contributed by atoms with van der Waals surface area (Å²) in [4.78, 5) is 18.4. The maximum atomic E-state index is 12.5. The molecular formula is C20H27N3O2. The molecule has 0 aliphatic rings. The van der Waals surface area contributed by atoms with Gasteiger partial charge in [0.15, 0.2) is 0 Å². The van der Waals surface area contributed by atoms with Crippen LogP contribution in [0.1, 0.15) is 44.1 Å². The van der Waals surface area contributed by atoms with E-state index in [2.05, 4.69) is 17.2 Å². The molecule has 0 saturated carbocycles. The number of hydrogen-bond acceptors (Lipinski definition) is 4. The van der Waals surface area contributed by atoms with Gasteiger partial charge in [-0.15, -0.1) is 0 Å². The van der Waals surface area contributed by atoms with Crippen molar-refractivity contribution in [2.24, 2.45) is 0 Å². The lowest BCUT2D eigenvalue weighted by Gasteiger charge is -2.17. The van der Waals surface area contributed by atoms with Gasteiger partial charge in [-0.1, -0.05) is 25.5 Å². The van der Waals surface area contributed by atoms with E-state index in [0.29, 0.717) is 5.69 Å². The number of anilines is 2. The molecule has 1 heterocycles. The van der Waals surface area contributed by atoms with Gasteiger partial charge in [-0.3, -0.25) is 9.78 Å². The van der Waals surface area contributed by atoms with E-state index < -0.39 is 0 Å². The quantitative estimate of drug-likeness (QED) is 0.769. The number of amides is 1. The number of rotatable bonds is 8. The zero-order chi connectivity index (χ0) is 18.2. The first-order valence-electron chi connectivity index (χ1n) is 8.75. The second-order valence-corrected chi connectivity index (χ2v) is 6.30. The number of carbonyl (C=O) groups is 1. The third kappa shape index (κ3) is 5.48. The molecule has 0 unspecified atom stereocenters. The van der Waals surface area contributed by atoms with Crippen LogP contribution in [0.25, 0.3) is 0 Å². The number of hydrogen-bond donors (Lipinski definition) is 1. The molecule has 5 heteroatoms. The van der Waals surface area contributed by atoms with Crippen LogP contribution >= 0.6 is 0 Å². The summed E-state index contributed by atoms with van der Waals surface area (Å²) >= 11 is 0. The number of benzene rings is 1. The highest BCUT2D eigenvalue weighted by Crippen LogP contribution is 2.28. The molecule has 1 N–H and O–H groups in total. The van der Waals surface area contributed by atoms with Crippen molar-refractivity contribution in [1.82, 2.24) is 9.88 Å². The van der Waals surface area contributed by atoms with E-state index in [1.807, 2.05) is 51.2 Å². The summed E-state index contributed by atoms with van der Waals surface area (Å²) in [5, 5.41) is 3.32. The molecule has 0 fully saturated rings. The molecule has 2 rings (SSSR count). The molecule has 1 aromatic heterocycles. The maximum absolute atomic E-state index is 12.5. The normalized spacial score (nSPS) is 10.6. The topological polar surface area (TPSA) is 54.5 Å². The molecule has 0 radical (unpaired) electrons. The molecule has 2 aromatic rings. The summed E-state index contributed by atoms with van der Waals surface area (Å²) in [6.45, 7) is 6.83. The predicted molar refractivity (Wildman–Crippen MR) is 102 cm³/mol. The van der Waals surface area contributed by atoms with E-state index in [-0.39, 0.29) is 12.0 Å². The van der Waals surface area contributed by atoms with Gasteiger partial charge in [-0.05, 0) is 44.5 Å². The first kappa shape index (κ1) is 18.8. The number of pyridine rings is 1. The molecule has 25 heavy (non-hydrogen) atoms. The van der Waals surface area contributed by atoms with Gasteiger partial charge >= 0.3 is 0 Å². The van der Waals surface area contributed by atoms with Crippen LogP contribution < -0.4 is 10.1 Å². The Morgan fingerprint density at radius 3 is 2.76 bits per heavy atom. The van der Waals surface area contributed by atoms with Gasteiger partial charge in [-0.25, -0.2) is 0 Å². The molecule has 1 amide bonds. The predicted octanol–water partition coefficient (Wildman–Crippen LogP) is 4.48. The van der Waals surface area contributed by atoms with E-state index in [1.54, 1.807) is 17.2 Å². The monoisotopic (exact) mass is 341 g/mol. The molecule has 0 bridgehead atoms. The average Bonchev–Trinajstić information content (AvgIpc) is 2.60. The van der Waals surface area contributed by atoms with Crippen LogP contribution in [0.2, 0.25) is 0 Å². The largest absolute Gasteiger partial charge is 0.489 e. The van der Waals surface area contributed by atoms with Gasteiger partial charge < -0.3 is 15.0 Å². The lowest BCUT2D eigenvalue weighted by Crippen LogP contribution is -2.28. The smallest absolute Gasteiger partial charge is 0.272 e. The van der Waals surface area contributed by atoms with Crippen molar-refractivity contribution in [2.75, 3.05) is 18.9 Å². The van der Waals surface area contributed by atoms with Gasteiger partial charge in [0.05, 0.1) is 11.8 Å². The lowest BCUT2D eigenvalue weighted by atomic mass is 10.2. The summed E-state index contributed by atoms with van der Waals surface area (Å²) < 4.78 is 5.82. The average molecular weight is 341 g/mol. The molecule has 0 aliphatic heterocycles. The summed E-state index contributed by atoms with van der Waals surface area (Å²) in [5.41, 5.74) is 2.10. The van der Waals surface area contributed by atoms with Crippen molar-refractivity contribution in [3.8, 4) is 5.75 Å². The van der Waals surface area contributed by atoms with Crippen LogP contribution in [-0.4, -0.2) is 35.5 Å². The zero-order valence-electron chi connectivity index (χ0n) is 15.5. The zero-order valence-corrected chi connectivity index (χ0v) is 15.5. The van der Waals surface area contributed by atoms with Crippen molar-refractivity contribution in [2.45, 2.75) is 39.7 Å². The van der Waals surface area contributed by atoms with Crippen LogP contribution in [0, 0.1) is 0 Å². The van der Waals surface area contributed by atoms with Gasteiger partial charge in [0.2, 0.25) is 0 Å². The minimum absolute atomic E-state index is 0.0659. The van der Waals surface area contributed by atoms with E-state index in [1.165, 1.54) is 0 Å². The highest BCUT2D eigenvalue weighted by atomic mass is 16.5. The Kier molecular flexibility index (Phi) is 6.81. The number of nitrogens with zero attached hydrogens (tertiary/aromatic N) is 2. The van der Waals surface area contributed by atoms with Crippen LogP contribution in [-0.2, 0) is 0 Å². The number of ether oxygens (including phenoxy) is 1. The van der Waals surface area contributed by atoms with E-state index >= 15 is 0 Å². The molecular weight excluding hydrogens is 314 g/mol. The van der Waals surface area contributed by atoms with Crippen molar-refractivity contribution < 1.29 is 9.53 Å². The third-order valence-electron chi connectivity index (χ3n) is 3.70. The summed E-state index contributed by atoms with van der Waals surface area (Å²) in [7, 11) is 1.81. The van der Waals surface area contributed by atoms with Crippen LogP contribution in [0.4, 0.5) is 11.4 Å². The second-order valence-electron chi connectivity index (χ2n) is 6.30. The summed E-state index contributed by atoms with van der Waals surface area (Å²) in [6, 6.07) is 11.4. The lowest BCUT2D eigenvalue weighted by molar-refractivity contribution is 0.0787. The van der Waals surface area contributed by atoms with E-state index in [0.717, 1.165) is 36.5 Å². The Labute approximate surface area is 150 Å². The fraction of sp³-hybridized carbons (Fsp3) is 0.400. The maximum Gasteiger partial charge on any atom is 0.272 e. The van der Waals surface area contributed by atoms with Gasteiger partial charge in [0.25, 0.3) is 5.91 Å². The van der Waals surface area contributed by atoms with Gasteiger partial charge in [0, 0.05) is 25.5 Å². The molecule has 1 aromatic carbocycles. The third-order valence-corrected chi connectivity index (χ3v) is 3.70. The number of unbranched alkanes of at least 4 members (excludes halogenated alkanes) is 1. The van der Waals surface area contributed by atoms with Gasteiger partial charge in [-0.2, -0.15) is 0 Å². The fourth-order valence-electron chi connectivity index (χ4n) is 2.40. The standard InChI is InChI=1S/C20H27N3O2/c1-5-6-13-23(4)20(24)18-14-16(11-12-21-18)22-17-9-7-8-10-19(17)25-15(2)3/h7-12,14-15H,5-6,13H2,1-4H3,(H,21,22). The summed E-state index contributed by atoms with van der Waals surface area (Å²) in [6.07, 6.45) is 3.78. The van der Waals surface area contributed by atoms with Crippen LogP contribution in [0.15, 0.2) is 42.6 Å². The minimum atomic E-state index is -0.0659. The van der Waals surface area contributed by atoms with Crippen LogP contribution in [0.5, 0.6) is 5.75 Å². The Morgan fingerprint density at radius 2 is 2.04 bits per heavy atom. The molecule has 5 nitrogen and oxygen atoms in total. The van der Waals surface area contributed by atoms with Crippen molar-refractivity contribution in [3.63, 3.8) is 0 Å². The Hall–Kier alpha value is -2.56. The number of para-hydroxylation sites is 2. The highest BCUT2D eigenvalue weighted by Gasteiger charge is 2.13. The molecule has 0 saturated heterocycles. The Bertz CT molecular complexity index is 701. The van der Waals surface area contributed by atoms with E-state index in [9.17, 15) is 4.79 Å². The first-order chi connectivity index (χ1) is 12.0. The molecule has 0 spiro atoms. The highest BCUT2D eigenvalue weighted by molar-refractivity contribution is 5.93. The SMILES string of the molecule is CCCCN(C)C(=O)c1cc(Nc2ccccc2OC(C)C)ccn1. The van der Waals surface area contributed by atoms with Crippen molar-refractivity contribution in [1.29, 1.82) is 0 Å². The number of nitrogens with one attached hydrogen (secondary N) is 1. The number of carbonyl (C=O) groups excluding carboxylic acids is 1. The Balaban J connectivity index is 2.16. The van der Waals surface area contributed by atoms with Crippen LogP contribution in [0.3, 0.4) is 0 Å². The number of aromatic nitrogens is 1. The summed E-state index contributed by atoms with van der Waals surface area (Å²) in [5.74, 6) is 0.714. The molecule has 0 aliphatic carbocycles. The molecule has 0 atom stereocenters. The Morgan fingerprint density at radius 1 is 1.28 bits per heavy atom. The van der Waals surface area contributed by atoms with Gasteiger partial charge in [0.1, 0.15) is 11.4 Å². The van der Waals surface area contributed by atoms with Crippen molar-refractivity contribution in [3.05, 3.63) is 48.3 Å². The fourth-order valence-corrected chi connectivity index (χ4v) is 2.40. The van der Waals surface area contributed by atoms with E-state index in [4.69, 9.17) is 4.74 Å². The molecule has 134 valence electrons. The first-order valence-corrected chi connectivity index (χ1v) is 8.75. The minimum Gasteiger partial charge on any atom is -0.489 e. The second kappa shape index (κ2) is 9.06. The van der Waals surface area contributed by atoms with Crippen molar-refractivity contribution >= 4 is 17.3 Å².